The van der Waals surface area contributed by atoms with Gasteiger partial charge in [0.15, 0.2) is 12.4 Å². The van der Waals surface area contributed by atoms with Gasteiger partial charge in [0.05, 0.1) is 12.9 Å². The van der Waals surface area contributed by atoms with Crippen molar-refractivity contribution in [2.75, 3.05) is 20.0 Å². The zero-order valence-electron chi connectivity index (χ0n) is 19.5. The van der Waals surface area contributed by atoms with Gasteiger partial charge in [-0.15, -0.1) is 0 Å². The van der Waals surface area contributed by atoms with Gasteiger partial charge in [-0.3, -0.25) is 4.18 Å². The molecule has 0 radical (unpaired) electrons. The summed E-state index contributed by atoms with van der Waals surface area (Å²) in [4.78, 5) is 0. The molecule has 2 heterocycles. The fourth-order valence-electron chi connectivity index (χ4n) is 4.78. The monoisotopic (exact) mass is 496 g/mol. The Morgan fingerprint density at radius 3 is 1.69 bits per heavy atom. The molecule has 0 aliphatic carbocycles. The molecule has 3 aromatic rings. The molecule has 2 saturated heterocycles. The average Bonchev–Trinajstić information content (AvgIpc) is 3.68. The first-order valence-corrected chi connectivity index (χ1v) is 13.3. The van der Waals surface area contributed by atoms with Crippen LogP contribution in [-0.2, 0) is 38.8 Å². The van der Waals surface area contributed by atoms with Gasteiger partial charge < -0.3 is 18.9 Å². The quantitative estimate of drug-likeness (QED) is 0.255. The van der Waals surface area contributed by atoms with E-state index in [4.69, 9.17) is 23.1 Å². The number of methoxy groups -OCH3 is 1. The summed E-state index contributed by atoms with van der Waals surface area (Å²) in [6.45, 7) is 0.186. The van der Waals surface area contributed by atoms with Crippen LogP contribution in [0.5, 0.6) is 0 Å². The Morgan fingerprint density at radius 1 is 0.771 bits per heavy atom. The Morgan fingerprint density at radius 2 is 1.26 bits per heavy atom. The van der Waals surface area contributed by atoms with Crippen molar-refractivity contribution < 1.29 is 31.5 Å². The first kappa shape index (κ1) is 24.1. The molecule has 0 spiro atoms. The second kappa shape index (κ2) is 9.81. The van der Waals surface area contributed by atoms with Crippen LogP contribution in [0.25, 0.3) is 0 Å². The molecule has 2 fully saturated rings. The summed E-state index contributed by atoms with van der Waals surface area (Å²) in [5.74, 6) is 0. The SMILES string of the molecule is COC1OC(COC(c2ccccc2)(c2ccccc2)c2ccccc2)C2OC2C1OS(C)(=O)=O. The van der Waals surface area contributed by atoms with Gasteiger partial charge in [-0.2, -0.15) is 8.42 Å². The third kappa shape index (κ3) is 4.91. The highest BCUT2D eigenvalue weighted by molar-refractivity contribution is 7.86. The highest BCUT2D eigenvalue weighted by atomic mass is 32.2. The first-order chi connectivity index (χ1) is 16.9. The summed E-state index contributed by atoms with van der Waals surface area (Å²) in [7, 11) is -2.25. The molecule has 2 aliphatic rings. The van der Waals surface area contributed by atoms with Crippen molar-refractivity contribution in [1.82, 2.24) is 0 Å². The van der Waals surface area contributed by atoms with Crippen molar-refractivity contribution in [3.05, 3.63) is 108 Å². The Bertz CT molecular complexity index is 1120. The Hall–Kier alpha value is -2.59. The largest absolute Gasteiger partial charge is 0.364 e. The molecule has 7 nitrogen and oxygen atoms in total. The average molecular weight is 497 g/mol. The Kier molecular flexibility index (Phi) is 6.76. The number of hydrogen-bond acceptors (Lipinski definition) is 7. The van der Waals surface area contributed by atoms with Crippen LogP contribution in [0.2, 0.25) is 0 Å². The lowest BCUT2D eigenvalue weighted by molar-refractivity contribution is -0.224. The molecule has 5 unspecified atom stereocenters. The second-order valence-corrected chi connectivity index (χ2v) is 10.3. The topological polar surface area (TPSA) is 83.6 Å². The van der Waals surface area contributed by atoms with Gasteiger partial charge in [-0.1, -0.05) is 91.0 Å². The normalized spacial score (nSPS) is 26.2. The molecular weight excluding hydrogens is 468 g/mol. The van der Waals surface area contributed by atoms with Crippen LogP contribution < -0.4 is 0 Å². The third-order valence-corrected chi connectivity index (χ3v) is 6.92. The van der Waals surface area contributed by atoms with E-state index in [0.29, 0.717) is 0 Å². The van der Waals surface area contributed by atoms with Crippen LogP contribution in [0, 0.1) is 0 Å². The van der Waals surface area contributed by atoms with Gasteiger partial charge in [0, 0.05) is 7.11 Å². The molecule has 184 valence electrons. The molecule has 0 amide bonds. The summed E-state index contributed by atoms with van der Waals surface area (Å²) in [5, 5.41) is 0. The van der Waals surface area contributed by atoms with Crippen LogP contribution in [0.15, 0.2) is 91.0 Å². The molecular formula is C27H28O7S. The standard InChI is InChI=1S/C27H28O7S/c1-30-26-25(34-35(2,28)29)24-23(33-24)22(32-26)18-31-27(19-12-6-3-7-13-19,20-14-8-4-9-15-20)21-16-10-5-11-17-21/h3-17,22-26H,18H2,1-2H3. The van der Waals surface area contributed by atoms with Crippen molar-refractivity contribution >= 4 is 10.1 Å². The lowest BCUT2D eigenvalue weighted by Gasteiger charge is -2.38. The smallest absolute Gasteiger partial charge is 0.264 e. The molecule has 0 saturated carbocycles. The van der Waals surface area contributed by atoms with Gasteiger partial charge in [0.1, 0.15) is 23.9 Å². The molecule has 5 rings (SSSR count). The first-order valence-electron chi connectivity index (χ1n) is 11.4. The summed E-state index contributed by atoms with van der Waals surface area (Å²) in [6, 6.07) is 30.2. The number of ether oxygens (including phenoxy) is 4. The minimum atomic E-state index is -3.71. The maximum absolute atomic E-state index is 11.7. The zero-order chi connectivity index (χ0) is 24.5. The number of rotatable bonds is 9. The van der Waals surface area contributed by atoms with E-state index < -0.39 is 40.3 Å². The van der Waals surface area contributed by atoms with E-state index in [-0.39, 0.29) is 12.7 Å². The fourth-order valence-corrected chi connectivity index (χ4v) is 5.39. The van der Waals surface area contributed by atoms with E-state index >= 15 is 0 Å². The van der Waals surface area contributed by atoms with Crippen LogP contribution >= 0.6 is 0 Å². The lowest BCUT2D eigenvalue weighted by Crippen LogP contribution is -2.50. The lowest BCUT2D eigenvalue weighted by atomic mass is 9.80. The minimum absolute atomic E-state index is 0.186. The summed E-state index contributed by atoms with van der Waals surface area (Å²) >= 11 is 0. The third-order valence-electron chi connectivity index (χ3n) is 6.35. The highest BCUT2D eigenvalue weighted by Crippen LogP contribution is 2.44. The van der Waals surface area contributed by atoms with E-state index in [0.717, 1.165) is 22.9 Å². The number of benzene rings is 3. The zero-order valence-corrected chi connectivity index (χ0v) is 20.3. The van der Waals surface area contributed by atoms with Gasteiger partial charge >= 0.3 is 0 Å². The van der Waals surface area contributed by atoms with Crippen molar-refractivity contribution in [2.24, 2.45) is 0 Å². The minimum Gasteiger partial charge on any atom is -0.364 e. The van der Waals surface area contributed by atoms with Gasteiger partial charge in [-0.25, -0.2) is 0 Å². The van der Waals surface area contributed by atoms with Gasteiger partial charge in [0.25, 0.3) is 10.1 Å². The summed E-state index contributed by atoms with van der Waals surface area (Å²) < 4.78 is 52.8. The molecule has 35 heavy (non-hydrogen) atoms. The van der Waals surface area contributed by atoms with Crippen LogP contribution in [0.4, 0.5) is 0 Å². The Labute approximate surface area is 205 Å². The van der Waals surface area contributed by atoms with Crippen LogP contribution in [0.1, 0.15) is 16.7 Å². The molecule has 8 heteroatoms. The molecule has 0 bridgehead atoms. The van der Waals surface area contributed by atoms with Crippen LogP contribution in [0.3, 0.4) is 0 Å². The second-order valence-electron chi connectivity index (χ2n) is 8.70. The predicted molar refractivity (Wildman–Crippen MR) is 129 cm³/mol. The van der Waals surface area contributed by atoms with Crippen molar-refractivity contribution in [2.45, 2.75) is 36.3 Å². The van der Waals surface area contributed by atoms with E-state index in [1.54, 1.807) is 0 Å². The van der Waals surface area contributed by atoms with E-state index in [1.807, 2.05) is 91.0 Å². The van der Waals surface area contributed by atoms with Crippen molar-refractivity contribution in [3.63, 3.8) is 0 Å². The van der Waals surface area contributed by atoms with E-state index in [1.165, 1.54) is 7.11 Å². The number of hydrogen-bond donors (Lipinski definition) is 0. The highest BCUT2D eigenvalue weighted by Gasteiger charge is 2.60. The molecule has 3 aromatic carbocycles. The van der Waals surface area contributed by atoms with Crippen molar-refractivity contribution in [3.8, 4) is 0 Å². The molecule has 0 N–H and O–H groups in total. The number of epoxide rings is 1. The predicted octanol–water partition coefficient (Wildman–Crippen LogP) is 3.48. The van der Waals surface area contributed by atoms with E-state index in [2.05, 4.69) is 0 Å². The van der Waals surface area contributed by atoms with E-state index in [9.17, 15) is 8.42 Å². The summed E-state index contributed by atoms with van der Waals surface area (Å²) in [6.07, 6.45) is -2.04. The Balaban J connectivity index is 1.48. The van der Waals surface area contributed by atoms with Gasteiger partial charge in [-0.05, 0) is 16.7 Å². The van der Waals surface area contributed by atoms with Gasteiger partial charge in [0.2, 0.25) is 0 Å². The fraction of sp³-hybridized carbons (Fsp3) is 0.333. The molecule has 5 atom stereocenters. The maximum atomic E-state index is 11.7. The number of fused-ring (bicyclic) bond motifs is 1. The van der Waals surface area contributed by atoms with Crippen molar-refractivity contribution in [1.29, 1.82) is 0 Å². The summed E-state index contributed by atoms with van der Waals surface area (Å²) in [5.41, 5.74) is 2.02. The molecule has 0 aromatic heterocycles. The van der Waals surface area contributed by atoms with Crippen LogP contribution in [-0.4, -0.2) is 59.1 Å². The molecule has 2 aliphatic heterocycles. The maximum Gasteiger partial charge on any atom is 0.264 e.